The summed E-state index contributed by atoms with van der Waals surface area (Å²) < 4.78 is 0. The monoisotopic (exact) mass is 418 g/mol. The number of carbonyl (C=O) groups excluding carboxylic acids is 2. The number of nitrogens with one attached hydrogen (secondary N) is 2. The van der Waals surface area contributed by atoms with E-state index < -0.39 is 0 Å². The van der Waals surface area contributed by atoms with Gasteiger partial charge in [-0.05, 0) is 61.8 Å². The van der Waals surface area contributed by atoms with E-state index >= 15 is 0 Å². The molecule has 0 unspecified atom stereocenters. The summed E-state index contributed by atoms with van der Waals surface area (Å²) in [5.41, 5.74) is 1.66. The smallest absolute Gasteiger partial charge is 0.321 e. The fourth-order valence-electron chi connectivity index (χ4n) is 5.12. The lowest BCUT2D eigenvalue weighted by Gasteiger charge is -2.38. The zero-order valence-corrected chi connectivity index (χ0v) is 17.7. The number of benzene rings is 2. The molecule has 3 atom stereocenters. The molecule has 0 aromatic heterocycles. The van der Waals surface area contributed by atoms with Crippen LogP contribution in [-0.2, 0) is 4.79 Å². The number of hydrogen-bond acceptors (Lipinski definition) is 3. The second-order valence-corrected chi connectivity index (χ2v) is 9.11. The van der Waals surface area contributed by atoms with Gasteiger partial charge in [0.15, 0.2) is 0 Å². The third-order valence-electron chi connectivity index (χ3n) is 6.87. The quantitative estimate of drug-likeness (QED) is 0.771. The van der Waals surface area contributed by atoms with Crippen molar-refractivity contribution in [1.82, 2.24) is 9.80 Å². The van der Waals surface area contributed by atoms with Crippen molar-refractivity contribution >= 4 is 23.3 Å². The molecule has 2 aliphatic heterocycles. The molecule has 1 saturated carbocycles. The van der Waals surface area contributed by atoms with E-state index in [-0.39, 0.29) is 18.0 Å². The van der Waals surface area contributed by atoms with Crippen LogP contribution in [0, 0.1) is 11.8 Å². The van der Waals surface area contributed by atoms with Crippen molar-refractivity contribution in [3.63, 3.8) is 0 Å². The zero-order chi connectivity index (χ0) is 21.2. The van der Waals surface area contributed by atoms with Gasteiger partial charge in [0, 0.05) is 37.1 Å². The van der Waals surface area contributed by atoms with Crippen LogP contribution in [0.2, 0.25) is 0 Å². The Morgan fingerprint density at radius 3 is 2.16 bits per heavy atom. The molecule has 2 N–H and O–H groups in total. The average molecular weight is 419 g/mol. The van der Waals surface area contributed by atoms with E-state index in [1.54, 1.807) is 0 Å². The molecule has 5 rings (SSSR count). The third-order valence-corrected chi connectivity index (χ3v) is 6.87. The second-order valence-electron chi connectivity index (χ2n) is 9.11. The summed E-state index contributed by atoms with van der Waals surface area (Å²) in [6.07, 6.45) is 4.28. The summed E-state index contributed by atoms with van der Waals surface area (Å²) in [6, 6.07) is 19.5. The van der Waals surface area contributed by atoms with E-state index in [4.69, 9.17) is 0 Å². The fourth-order valence-corrected chi connectivity index (χ4v) is 5.12. The number of carbonyl (C=O) groups is 2. The Bertz CT molecular complexity index is 916. The van der Waals surface area contributed by atoms with Crippen LogP contribution in [0.1, 0.15) is 25.7 Å². The number of rotatable bonds is 5. The Labute approximate surface area is 183 Å². The van der Waals surface area contributed by atoms with Crippen LogP contribution in [-0.4, -0.2) is 53.5 Å². The number of likely N-dealkylation sites (tertiary alicyclic amines) is 2. The maximum Gasteiger partial charge on any atom is 0.321 e. The van der Waals surface area contributed by atoms with E-state index in [1.165, 1.54) is 12.8 Å². The molecule has 3 amide bonds. The number of fused-ring (bicyclic) bond motifs is 1. The lowest BCUT2D eigenvalue weighted by atomic mass is 9.92. The zero-order valence-electron chi connectivity index (χ0n) is 17.7. The van der Waals surface area contributed by atoms with Crippen LogP contribution < -0.4 is 10.6 Å². The molecule has 0 radical (unpaired) electrons. The SMILES string of the molecule is O=C(Nc1ccccc1)[C@@H]1C[C@@H]2CN(C(=O)Nc3ccccc3)CC[C@H]2N1CC1CC1. The predicted molar refractivity (Wildman–Crippen MR) is 122 cm³/mol. The maximum absolute atomic E-state index is 13.2. The highest BCUT2D eigenvalue weighted by molar-refractivity contribution is 5.95. The van der Waals surface area contributed by atoms with Gasteiger partial charge in [0.1, 0.15) is 0 Å². The average Bonchev–Trinajstić information content (AvgIpc) is 3.54. The van der Waals surface area contributed by atoms with Gasteiger partial charge in [-0.15, -0.1) is 0 Å². The molecular weight excluding hydrogens is 388 g/mol. The van der Waals surface area contributed by atoms with E-state index in [1.807, 2.05) is 65.6 Å². The molecule has 2 aromatic rings. The van der Waals surface area contributed by atoms with Crippen molar-refractivity contribution in [3.05, 3.63) is 60.7 Å². The van der Waals surface area contributed by atoms with E-state index in [9.17, 15) is 9.59 Å². The molecule has 2 heterocycles. The molecule has 2 aromatic carbocycles. The Balaban J connectivity index is 1.26. The molecule has 3 fully saturated rings. The number of hydrogen-bond donors (Lipinski definition) is 2. The van der Waals surface area contributed by atoms with Crippen LogP contribution in [0.15, 0.2) is 60.7 Å². The second kappa shape index (κ2) is 8.71. The first-order chi connectivity index (χ1) is 15.2. The van der Waals surface area contributed by atoms with Gasteiger partial charge in [-0.25, -0.2) is 4.79 Å². The van der Waals surface area contributed by atoms with Crippen molar-refractivity contribution < 1.29 is 9.59 Å². The van der Waals surface area contributed by atoms with Gasteiger partial charge in [0.25, 0.3) is 0 Å². The molecule has 6 nitrogen and oxygen atoms in total. The third kappa shape index (κ3) is 4.59. The first-order valence-electron chi connectivity index (χ1n) is 11.4. The topological polar surface area (TPSA) is 64.7 Å². The summed E-state index contributed by atoms with van der Waals surface area (Å²) in [5.74, 6) is 1.15. The van der Waals surface area contributed by atoms with Crippen LogP contribution in [0.3, 0.4) is 0 Å². The molecule has 2 saturated heterocycles. The molecule has 1 aliphatic carbocycles. The molecule has 3 aliphatic rings. The first kappa shape index (κ1) is 20.1. The summed E-state index contributed by atoms with van der Waals surface area (Å²) >= 11 is 0. The summed E-state index contributed by atoms with van der Waals surface area (Å²) in [7, 11) is 0. The Kier molecular flexibility index (Phi) is 5.64. The predicted octanol–water partition coefficient (Wildman–Crippen LogP) is 4.03. The Morgan fingerprint density at radius 2 is 1.52 bits per heavy atom. The maximum atomic E-state index is 13.2. The van der Waals surface area contributed by atoms with Crippen LogP contribution in [0.4, 0.5) is 16.2 Å². The van der Waals surface area contributed by atoms with E-state index in [0.29, 0.717) is 18.5 Å². The Morgan fingerprint density at radius 1 is 0.871 bits per heavy atom. The molecule has 6 heteroatoms. The summed E-state index contributed by atoms with van der Waals surface area (Å²) in [4.78, 5) is 30.4. The number of urea groups is 1. The highest BCUT2D eigenvalue weighted by Gasteiger charge is 2.48. The molecule has 0 bridgehead atoms. The lowest BCUT2D eigenvalue weighted by molar-refractivity contribution is -0.120. The van der Waals surface area contributed by atoms with Gasteiger partial charge >= 0.3 is 6.03 Å². The van der Waals surface area contributed by atoms with Crippen LogP contribution in [0.25, 0.3) is 0 Å². The summed E-state index contributed by atoms with van der Waals surface area (Å²) in [5, 5.41) is 6.12. The molecular formula is C25H30N4O2. The Hall–Kier alpha value is -2.86. The first-order valence-corrected chi connectivity index (χ1v) is 11.4. The number of amides is 3. The molecule has 31 heavy (non-hydrogen) atoms. The van der Waals surface area contributed by atoms with Gasteiger partial charge in [-0.3, -0.25) is 9.69 Å². The largest absolute Gasteiger partial charge is 0.325 e. The fraction of sp³-hybridized carbons (Fsp3) is 0.440. The van der Waals surface area contributed by atoms with Crippen molar-refractivity contribution in [1.29, 1.82) is 0 Å². The standard InChI is InChI=1S/C25H30N4O2/c30-24(26-20-7-3-1-4-8-20)23-15-19-17-28(25(31)27-21-9-5-2-6-10-21)14-13-22(19)29(23)16-18-11-12-18/h1-10,18-19,22-23H,11-17H2,(H,26,30)(H,27,31)/t19-,22-,23+/m1/s1. The van der Waals surface area contributed by atoms with E-state index in [2.05, 4.69) is 15.5 Å². The van der Waals surface area contributed by atoms with E-state index in [0.717, 1.165) is 43.2 Å². The van der Waals surface area contributed by atoms with Crippen molar-refractivity contribution in [3.8, 4) is 0 Å². The highest BCUT2D eigenvalue weighted by atomic mass is 16.2. The van der Waals surface area contributed by atoms with Gasteiger partial charge < -0.3 is 15.5 Å². The van der Waals surface area contributed by atoms with Gasteiger partial charge in [0.2, 0.25) is 5.91 Å². The number of piperidine rings is 1. The number of anilines is 2. The van der Waals surface area contributed by atoms with Crippen LogP contribution >= 0.6 is 0 Å². The van der Waals surface area contributed by atoms with Gasteiger partial charge in [0.05, 0.1) is 6.04 Å². The minimum absolute atomic E-state index is 0.0458. The minimum Gasteiger partial charge on any atom is -0.325 e. The van der Waals surface area contributed by atoms with Gasteiger partial charge in [-0.2, -0.15) is 0 Å². The molecule has 0 spiro atoms. The van der Waals surface area contributed by atoms with Gasteiger partial charge in [-0.1, -0.05) is 36.4 Å². The van der Waals surface area contributed by atoms with Crippen molar-refractivity contribution in [2.75, 3.05) is 30.3 Å². The highest BCUT2D eigenvalue weighted by Crippen LogP contribution is 2.40. The lowest BCUT2D eigenvalue weighted by Crippen LogP contribution is -2.51. The normalized spacial score (nSPS) is 25.7. The number of nitrogens with zero attached hydrogens (tertiary/aromatic N) is 2. The summed E-state index contributed by atoms with van der Waals surface area (Å²) in [6.45, 7) is 2.44. The number of para-hydroxylation sites is 2. The van der Waals surface area contributed by atoms with Crippen molar-refractivity contribution in [2.24, 2.45) is 11.8 Å². The minimum atomic E-state index is -0.118. The van der Waals surface area contributed by atoms with Crippen LogP contribution in [0.5, 0.6) is 0 Å². The molecule has 162 valence electrons. The van der Waals surface area contributed by atoms with Crippen molar-refractivity contribution in [2.45, 2.75) is 37.8 Å².